The fourth-order valence-corrected chi connectivity index (χ4v) is 6.95. The van der Waals surface area contributed by atoms with Crippen molar-refractivity contribution in [1.82, 2.24) is 0 Å². The van der Waals surface area contributed by atoms with Gasteiger partial charge in [-0.15, -0.1) is 0 Å². The third-order valence-electron chi connectivity index (χ3n) is 7.13. The predicted octanol–water partition coefficient (Wildman–Crippen LogP) is 5.63. The number of carbonyl (C=O) groups is 1. The maximum Gasteiger partial charge on any atom is 0.242 e. The SMILES string of the molecule is Cc1cc(O[Si](C)(C)C)cc2c1C1CCC3(C)C(=O)CCC3C1CC2. The lowest BCUT2D eigenvalue weighted by Gasteiger charge is -2.48. The van der Waals surface area contributed by atoms with Crippen LogP contribution in [0.25, 0.3) is 0 Å². The molecule has 4 rings (SSSR count). The van der Waals surface area contributed by atoms with Crippen molar-refractivity contribution in [1.29, 1.82) is 0 Å². The van der Waals surface area contributed by atoms with Gasteiger partial charge in [0.05, 0.1) is 0 Å². The van der Waals surface area contributed by atoms with Gasteiger partial charge in [-0.2, -0.15) is 0 Å². The van der Waals surface area contributed by atoms with Gasteiger partial charge in [-0.25, -0.2) is 0 Å². The van der Waals surface area contributed by atoms with Crippen LogP contribution in [0.4, 0.5) is 0 Å². The molecule has 0 N–H and O–H groups in total. The molecular formula is C22H32O2Si. The summed E-state index contributed by atoms with van der Waals surface area (Å²) in [5.74, 6) is 3.60. The van der Waals surface area contributed by atoms with Gasteiger partial charge in [0.1, 0.15) is 11.5 Å². The molecule has 2 nitrogen and oxygen atoms in total. The van der Waals surface area contributed by atoms with Crippen LogP contribution in [0.1, 0.15) is 61.6 Å². The zero-order valence-electron chi connectivity index (χ0n) is 16.4. The maximum atomic E-state index is 12.5. The topological polar surface area (TPSA) is 26.3 Å². The molecule has 0 bridgehead atoms. The average molecular weight is 357 g/mol. The zero-order chi connectivity index (χ0) is 18.0. The van der Waals surface area contributed by atoms with Crippen LogP contribution in [0, 0.1) is 24.2 Å². The molecule has 25 heavy (non-hydrogen) atoms. The highest BCUT2D eigenvalue weighted by Gasteiger charge is 2.54. The Hall–Kier alpha value is -1.09. The van der Waals surface area contributed by atoms with E-state index >= 15 is 0 Å². The quantitative estimate of drug-likeness (QED) is 0.642. The maximum absolute atomic E-state index is 12.5. The number of carbonyl (C=O) groups excluding carboxylic acids is 1. The smallest absolute Gasteiger partial charge is 0.242 e. The number of fused-ring (bicyclic) bond motifs is 5. The van der Waals surface area contributed by atoms with E-state index in [0.717, 1.165) is 31.4 Å². The van der Waals surface area contributed by atoms with E-state index in [1.807, 2.05) is 0 Å². The van der Waals surface area contributed by atoms with Crippen LogP contribution < -0.4 is 4.43 Å². The van der Waals surface area contributed by atoms with Crippen molar-refractivity contribution in [2.45, 2.75) is 77.9 Å². The highest BCUT2D eigenvalue weighted by Crippen LogP contribution is 2.60. The van der Waals surface area contributed by atoms with Gasteiger partial charge < -0.3 is 4.43 Å². The largest absolute Gasteiger partial charge is 0.544 e. The first kappa shape index (κ1) is 17.3. The number of Topliss-reactive ketones (excluding diaryl/α,β-unsaturated/α-hetero) is 1. The van der Waals surface area contributed by atoms with Crippen molar-refractivity contribution in [3.8, 4) is 5.75 Å². The number of aryl methyl sites for hydroxylation is 2. The first-order valence-electron chi connectivity index (χ1n) is 10.0. The van der Waals surface area contributed by atoms with Gasteiger partial charge in [-0.05, 0) is 105 Å². The molecular weight excluding hydrogens is 324 g/mol. The summed E-state index contributed by atoms with van der Waals surface area (Å²) < 4.78 is 6.28. The summed E-state index contributed by atoms with van der Waals surface area (Å²) >= 11 is 0. The molecule has 0 amide bonds. The second-order valence-corrected chi connectivity index (χ2v) is 14.3. The Morgan fingerprint density at radius 1 is 1.12 bits per heavy atom. The first-order valence-corrected chi connectivity index (χ1v) is 13.5. The van der Waals surface area contributed by atoms with E-state index in [0.29, 0.717) is 23.5 Å². The second kappa shape index (κ2) is 5.70. The molecule has 0 heterocycles. The van der Waals surface area contributed by atoms with Gasteiger partial charge in [0, 0.05) is 11.8 Å². The molecule has 4 atom stereocenters. The highest BCUT2D eigenvalue weighted by atomic mass is 28.4. The van der Waals surface area contributed by atoms with Crippen molar-refractivity contribution >= 4 is 14.1 Å². The van der Waals surface area contributed by atoms with E-state index < -0.39 is 8.32 Å². The lowest BCUT2D eigenvalue weighted by molar-refractivity contribution is -0.129. The van der Waals surface area contributed by atoms with Crippen LogP contribution >= 0.6 is 0 Å². The molecule has 3 aliphatic rings. The molecule has 4 unspecified atom stereocenters. The van der Waals surface area contributed by atoms with Gasteiger partial charge >= 0.3 is 0 Å². The summed E-state index contributed by atoms with van der Waals surface area (Å²) in [5.41, 5.74) is 4.50. The van der Waals surface area contributed by atoms with Crippen LogP contribution in [-0.2, 0) is 11.2 Å². The van der Waals surface area contributed by atoms with E-state index in [4.69, 9.17) is 4.43 Å². The molecule has 1 aromatic carbocycles. The minimum Gasteiger partial charge on any atom is -0.544 e. The molecule has 2 fully saturated rings. The Kier molecular flexibility index (Phi) is 3.95. The summed E-state index contributed by atoms with van der Waals surface area (Å²) in [6.07, 6.45) is 6.62. The molecule has 0 spiro atoms. The van der Waals surface area contributed by atoms with Crippen molar-refractivity contribution in [2.75, 3.05) is 0 Å². The predicted molar refractivity (Wildman–Crippen MR) is 105 cm³/mol. The van der Waals surface area contributed by atoms with Gasteiger partial charge in [-0.1, -0.05) is 6.92 Å². The Morgan fingerprint density at radius 3 is 2.60 bits per heavy atom. The standard InChI is InChI=1S/C22H32O2Si/c1-14-12-16(24-25(3,4)5)13-15-6-7-17-18(21(14)15)10-11-22(2)19(17)8-9-20(22)23/h12-13,17-19H,6-11H2,1-5H3. The van der Waals surface area contributed by atoms with E-state index in [2.05, 4.69) is 45.6 Å². The average Bonchev–Trinajstić information content (AvgIpc) is 2.81. The molecule has 0 aromatic heterocycles. The molecule has 0 aliphatic heterocycles. The minimum atomic E-state index is -1.57. The summed E-state index contributed by atoms with van der Waals surface area (Å²) in [4.78, 5) is 12.5. The van der Waals surface area contributed by atoms with Crippen molar-refractivity contribution < 1.29 is 9.22 Å². The van der Waals surface area contributed by atoms with Gasteiger partial charge in [0.2, 0.25) is 8.32 Å². The van der Waals surface area contributed by atoms with Gasteiger partial charge in [-0.3, -0.25) is 4.79 Å². The summed E-state index contributed by atoms with van der Waals surface area (Å²) in [5, 5.41) is 0. The Labute approximate surface area is 153 Å². The Bertz CT molecular complexity index is 717. The fraction of sp³-hybridized carbons (Fsp3) is 0.682. The lowest BCUT2D eigenvalue weighted by Crippen LogP contribution is -2.42. The van der Waals surface area contributed by atoms with Gasteiger partial charge in [0.25, 0.3) is 0 Å². The minimum absolute atomic E-state index is 0.0204. The van der Waals surface area contributed by atoms with Crippen LogP contribution in [0.15, 0.2) is 12.1 Å². The zero-order valence-corrected chi connectivity index (χ0v) is 17.4. The fourth-order valence-electron chi connectivity index (χ4n) is 6.13. The van der Waals surface area contributed by atoms with Crippen molar-refractivity contribution in [3.05, 3.63) is 28.8 Å². The van der Waals surface area contributed by atoms with E-state index in [-0.39, 0.29) is 5.41 Å². The number of ketones is 1. The number of rotatable bonds is 2. The molecule has 3 heteroatoms. The van der Waals surface area contributed by atoms with E-state index in [1.54, 1.807) is 5.56 Å². The van der Waals surface area contributed by atoms with E-state index in [9.17, 15) is 4.79 Å². The normalized spacial score (nSPS) is 34.3. The van der Waals surface area contributed by atoms with Crippen LogP contribution in [0.5, 0.6) is 5.75 Å². The number of hydrogen-bond acceptors (Lipinski definition) is 2. The van der Waals surface area contributed by atoms with Crippen LogP contribution in [0.2, 0.25) is 19.6 Å². The Balaban J connectivity index is 1.68. The third-order valence-corrected chi connectivity index (χ3v) is 7.98. The van der Waals surface area contributed by atoms with Crippen molar-refractivity contribution in [3.63, 3.8) is 0 Å². The third kappa shape index (κ3) is 2.79. The second-order valence-electron chi connectivity index (χ2n) is 9.86. The first-order chi connectivity index (χ1) is 11.7. The number of benzene rings is 1. The van der Waals surface area contributed by atoms with Crippen molar-refractivity contribution in [2.24, 2.45) is 17.3 Å². The van der Waals surface area contributed by atoms with Gasteiger partial charge in [0.15, 0.2) is 0 Å². The Morgan fingerprint density at radius 2 is 1.88 bits per heavy atom. The highest BCUT2D eigenvalue weighted by molar-refractivity contribution is 6.70. The molecule has 1 aromatic rings. The van der Waals surface area contributed by atoms with Crippen LogP contribution in [-0.4, -0.2) is 14.1 Å². The number of hydrogen-bond donors (Lipinski definition) is 0. The summed E-state index contributed by atoms with van der Waals surface area (Å²) in [6, 6.07) is 4.59. The summed E-state index contributed by atoms with van der Waals surface area (Å²) in [7, 11) is -1.57. The molecule has 3 aliphatic carbocycles. The molecule has 0 saturated heterocycles. The lowest BCUT2D eigenvalue weighted by atomic mass is 9.55. The summed E-state index contributed by atoms with van der Waals surface area (Å²) in [6.45, 7) is 11.3. The van der Waals surface area contributed by atoms with E-state index in [1.165, 1.54) is 24.0 Å². The molecule has 0 radical (unpaired) electrons. The monoisotopic (exact) mass is 356 g/mol. The van der Waals surface area contributed by atoms with Crippen LogP contribution in [0.3, 0.4) is 0 Å². The molecule has 2 saturated carbocycles. The molecule has 136 valence electrons.